The van der Waals surface area contributed by atoms with Crippen molar-refractivity contribution in [3.63, 3.8) is 0 Å². The minimum Gasteiger partial charge on any atom is -0.549 e. The summed E-state index contributed by atoms with van der Waals surface area (Å²) in [5, 5.41) is 22.2. The van der Waals surface area contributed by atoms with Gasteiger partial charge >= 0.3 is 103 Å². The molecule has 88 valence electrons. The van der Waals surface area contributed by atoms with Gasteiger partial charge in [-0.25, -0.2) is 0 Å². The first-order chi connectivity index (χ1) is 6.70. The van der Waals surface area contributed by atoms with E-state index in [2.05, 4.69) is 0 Å². The van der Waals surface area contributed by atoms with E-state index in [0.29, 0.717) is 6.42 Å². The molecule has 0 rings (SSSR count). The summed E-state index contributed by atoms with van der Waals surface area (Å²) in [6.45, 7) is 6.61. The van der Waals surface area contributed by atoms with Gasteiger partial charge in [-0.3, -0.25) is 0 Å². The molecule has 0 N–H and O–H groups in total. The Bertz CT molecular complexity index is 245. The molecule has 17 heavy (non-hydrogen) atoms. The number of rotatable bonds is 5. The zero-order valence-electron chi connectivity index (χ0n) is 11.8. The quantitative estimate of drug-likeness (QED) is 0.373. The Balaban J connectivity index is -0.000000980. The molecule has 0 aliphatic rings. The van der Waals surface area contributed by atoms with Crippen LogP contribution in [0, 0.1) is 10.8 Å². The van der Waals surface area contributed by atoms with Crippen LogP contribution in [0.3, 0.4) is 0 Å². The molecule has 0 unspecified atom stereocenters. The number of hydrogen-bond donors (Lipinski definition) is 0. The maximum absolute atomic E-state index is 11.1. The molecule has 4 nitrogen and oxygen atoms in total. The average Bonchev–Trinajstić information content (AvgIpc) is 2.01. The predicted molar refractivity (Wildman–Crippen MR) is 51.4 cm³/mol. The third-order valence-corrected chi connectivity index (χ3v) is 2.88. The predicted octanol–water partition coefficient (Wildman–Crippen LogP) is -6.28. The molecule has 0 fully saturated rings. The summed E-state index contributed by atoms with van der Waals surface area (Å²) < 4.78 is 0. The van der Waals surface area contributed by atoms with Gasteiger partial charge in [-0.2, -0.15) is 0 Å². The molecule has 0 radical (unpaired) electrons. The summed E-state index contributed by atoms with van der Waals surface area (Å²) in [6, 6.07) is 0. The molecule has 0 aromatic heterocycles. The van der Waals surface area contributed by atoms with Gasteiger partial charge < -0.3 is 19.8 Å². The Labute approximate surface area is 188 Å². The minimum atomic E-state index is -1.90. The largest absolute Gasteiger partial charge is 1.00 e. The Kier molecular flexibility index (Phi) is 14.3. The first-order valence-electron chi connectivity index (χ1n) is 5.13. The molecule has 0 bridgehead atoms. The standard InChI is InChI=1S/C11H20O4.2K/c1-5-6-7-11(8(12)13,9(14)15)10(2,3)4;;/h5-7H2,1-4H3,(H,12,13)(H,14,15);;/q;2*+1/p-2. The molecule has 0 aromatic carbocycles. The van der Waals surface area contributed by atoms with E-state index in [9.17, 15) is 19.8 Å². The summed E-state index contributed by atoms with van der Waals surface area (Å²) in [7, 11) is 0. The molecule has 0 amide bonds. The van der Waals surface area contributed by atoms with Crippen molar-refractivity contribution < 1.29 is 123 Å². The molecule has 0 spiro atoms. The molecule has 0 aliphatic carbocycles. The van der Waals surface area contributed by atoms with Crippen LogP contribution in [0.25, 0.3) is 0 Å². The second-order valence-electron chi connectivity index (χ2n) is 4.83. The number of carboxylic acid groups (broad SMARTS) is 2. The van der Waals surface area contributed by atoms with E-state index in [1.165, 1.54) is 0 Å². The normalized spacial score (nSPS) is 11.1. The van der Waals surface area contributed by atoms with E-state index < -0.39 is 22.8 Å². The summed E-state index contributed by atoms with van der Waals surface area (Å²) >= 11 is 0. The molecule has 0 heterocycles. The monoisotopic (exact) mass is 292 g/mol. The summed E-state index contributed by atoms with van der Waals surface area (Å²) in [5.41, 5.74) is -2.82. The number of hydrogen-bond acceptors (Lipinski definition) is 4. The van der Waals surface area contributed by atoms with Crippen LogP contribution in [0.1, 0.15) is 47.0 Å². The molecule has 0 aliphatic heterocycles. The molecule has 0 saturated heterocycles. The average molecular weight is 292 g/mol. The number of carbonyl (C=O) groups is 2. The fraction of sp³-hybridized carbons (Fsp3) is 0.818. The van der Waals surface area contributed by atoms with Crippen LogP contribution in [0.15, 0.2) is 0 Å². The van der Waals surface area contributed by atoms with Gasteiger partial charge in [0.05, 0.1) is 17.4 Å². The van der Waals surface area contributed by atoms with Crippen LogP contribution in [-0.2, 0) is 9.59 Å². The van der Waals surface area contributed by atoms with Crippen molar-refractivity contribution >= 4 is 11.9 Å². The van der Waals surface area contributed by atoms with E-state index in [1.807, 2.05) is 6.92 Å². The second kappa shape index (κ2) is 10.0. The number of carboxylic acids is 2. The number of carbonyl (C=O) groups excluding carboxylic acids is 2. The van der Waals surface area contributed by atoms with Crippen LogP contribution in [0.5, 0.6) is 0 Å². The zero-order chi connectivity index (χ0) is 12.3. The van der Waals surface area contributed by atoms with E-state index in [0.717, 1.165) is 6.42 Å². The van der Waals surface area contributed by atoms with E-state index in [4.69, 9.17) is 0 Å². The maximum atomic E-state index is 11.1. The Morgan fingerprint density at radius 2 is 1.35 bits per heavy atom. The molecule has 6 heteroatoms. The van der Waals surface area contributed by atoms with Gasteiger partial charge in [-0.1, -0.05) is 40.5 Å². The van der Waals surface area contributed by atoms with Crippen LogP contribution in [0.2, 0.25) is 0 Å². The zero-order valence-corrected chi connectivity index (χ0v) is 18.0. The van der Waals surface area contributed by atoms with Crippen LogP contribution >= 0.6 is 0 Å². The van der Waals surface area contributed by atoms with Crippen molar-refractivity contribution in [1.82, 2.24) is 0 Å². The van der Waals surface area contributed by atoms with Gasteiger partial charge in [0.15, 0.2) is 0 Å². The number of unbranched alkanes of at least 4 members (excludes halogenated alkanes) is 1. The summed E-state index contributed by atoms with van der Waals surface area (Å²) in [5.74, 6) is -3.10. The molecule has 0 saturated carbocycles. The van der Waals surface area contributed by atoms with Crippen molar-refractivity contribution in [2.45, 2.75) is 47.0 Å². The maximum Gasteiger partial charge on any atom is 1.00 e. The summed E-state index contributed by atoms with van der Waals surface area (Å²) in [6.07, 6.45) is 1.31. The van der Waals surface area contributed by atoms with Crippen LogP contribution in [0.4, 0.5) is 0 Å². The Hall–Kier alpha value is 2.21. The smallest absolute Gasteiger partial charge is 0.549 e. The van der Waals surface area contributed by atoms with Crippen LogP contribution in [-0.4, -0.2) is 11.9 Å². The summed E-state index contributed by atoms with van der Waals surface area (Å²) in [4.78, 5) is 22.2. The Morgan fingerprint density at radius 3 is 1.53 bits per heavy atom. The Morgan fingerprint density at radius 1 is 1.00 bits per heavy atom. The minimum absolute atomic E-state index is 0. The van der Waals surface area contributed by atoms with Gasteiger partial charge in [0.25, 0.3) is 0 Å². The molecule has 0 aromatic rings. The second-order valence-corrected chi connectivity index (χ2v) is 4.83. The third-order valence-electron chi connectivity index (χ3n) is 2.88. The molecular weight excluding hydrogens is 274 g/mol. The van der Waals surface area contributed by atoms with E-state index >= 15 is 0 Å². The topological polar surface area (TPSA) is 80.3 Å². The first kappa shape index (κ1) is 24.2. The van der Waals surface area contributed by atoms with E-state index in [-0.39, 0.29) is 109 Å². The first-order valence-corrected chi connectivity index (χ1v) is 5.13. The molecular formula is C11H18K2O4. The van der Waals surface area contributed by atoms with Gasteiger partial charge in [0.2, 0.25) is 0 Å². The van der Waals surface area contributed by atoms with E-state index in [1.54, 1.807) is 20.8 Å². The van der Waals surface area contributed by atoms with Crippen LogP contribution < -0.4 is 113 Å². The van der Waals surface area contributed by atoms with Crippen molar-refractivity contribution in [1.29, 1.82) is 0 Å². The van der Waals surface area contributed by atoms with Gasteiger partial charge in [0, 0.05) is 0 Å². The van der Waals surface area contributed by atoms with Gasteiger partial charge in [-0.15, -0.1) is 0 Å². The van der Waals surface area contributed by atoms with Gasteiger partial charge in [0.1, 0.15) is 0 Å². The fourth-order valence-corrected chi connectivity index (χ4v) is 1.72. The third kappa shape index (κ3) is 6.01. The van der Waals surface area contributed by atoms with Crippen molar-refractivity contribution in [2.75, 3.05) is 0 Å². The van der Waals surface area contributed by atoms with Gasteiger partial charge in [-0.05, 0) is 11.8 Å². The number of aliphatic carboxylic acids is 2. The molecule has 0 atom stereocenters. The van der Waals surface area contributed by atoms with Crippen molar-refractivity contribution in [3.8, 4) is 0 Å². The fourth-order valence-electron chi connectivity index (χ4n) is 1.72. The SMILES string of the molecule is CCCCC(C(=O)[O-])(C(=O)[O-])C(C)(C)C.[K+].[K+]. The van der Waals surface area contributed by atoms with Crippen molar-refractivity contribution in [2.24, 2.45) is 10.8 Å². The van der Waals surface area contributed by atoms with Crippen molar-refractivity contribution in [3.05, 3.63) is 0 Å².